The van der Waals surface area contributed by atoms with Gasteiger partial charge in [0.15, 0.2) is 0 Å². The largest absolute Gasteiger partial charge is 0.252 e. The summed E-state index contributed by atoms with van der Waals surface area (Å²) in [5, 5.41) is 0. The second kappa shape index (κ2) is 12.3. The first-order valence-electron chi connectivity index (χ1n) is 10.9. The average molecular weight is 377 g/mol. The molecule has 0 saturated heterocycles. The number of benzene rings is 2. The maximum atomic E-state index is 5.11. The molecule has 0 aromatic heterocycles. The predicted octanol–water partition coefficient (Wildman–Crippen LogP) is 8.31. The summed E-state index contributed by atoms with van der Waals surface area (Å²) in [6.45, 7) is 8.78. The molecule has 2 nitrogen and oxygen atoms in total. The van der Waals surface area contributed by atoms with Crippen LogP contribution in [0.25, 0.3) is 0 Å². The maximum absolute atomic E-state index is 5.11. The summed E-state index contributed by atoms with van der Waals surface area (Å²) in [4.78, 5) is 10.1. The van der Waals surface area contributed by atoms with E-state index < -0.39 is 0 Å². The maximum Gasteiger partial charge on any atom is 0.0639 e. The molecule has 0 unspecified atom stereocenters. The molecule has 0 bridgehead atoms. The van der Waals surface area contributed by atoms with Crippen LogP contribution in [0.3, 0.4) is 0 Å². The molecule has 0 aliphatic rings. The molecule has 0 amide bonds. The Labute approximate surface area is 171 Å². The van der Waals surface area contributed by atoms with Crippen molar-refractivity contribution < 1.29 is 0 Å². The SMILES string of the molecule is CCCCCCC(=Nc1cc(C)cc(C)c1)C(CCCC)=Nc1ccccc1. The van der Waals surface area contributed by atoms with E-state index in [1.54, 1.807) is 0 Å². The van der Waals surface area contributed by atoms with Crippen molar-refractivity contribution in [1.29, 1.82) is 0 Å². The Kier molecular flexibility index (Phi) is 9.68. The molecule has 28 heavy (non-hydrogen) atoms. The van der Waals surface area contributed by atoms with E-state index in [4.69, 9.17) is 9.98 Å². The van der Waals surface area contributed by atoms with Gasteiger partial charge in [-0.15, -0.1) is 0 Å². The van der Waals surface area contributed by atoms with Crippen LogP contribution in [0.4, 0.5) is 11.4 Å². The Morgan fingerprint density at radius 2 is 1.21 bits per heavy atom. The number of rotatable bonds is 11. The Balaban J connectivity index is 2.39. The molecule has 2 heteroatoms. The van der Waals surface area contributed by atoms with Crippen molar-refractivity contribution in [3.63, 3.8) is 0 Å². The van der Waals surface area contributed by atoms with Crippen LogP contribution in [0, 0.1) is 13.8 Å². The van der Waals surface area contributed by atoms with Crippen LogP contribution in [0.1, 0.15) is 76.3 Å². The lowest BCUT2D eigenvalue weighted by Gasteiger charge is -2.12. The molecule has 2 aromatic rings. The summed E-state index contributed by atoms with van der Waals surface area (Å²) >= 11 is 0. The Bertz CT molecular complexity index is 752. The third-order valence-electron chi connectivity index (χ3n) is 4.86. The van der Waals surface area contributed by atoms with Gasteiger partial charge in [0.25, 0.3) is 0 Å². The highest BCUT2D eigenvalue weighted by molar-refractivity contribution is 6.43. The summed E-state index contributed by atoms with van der Waals surface area (Å²) in [6, 6.07) is 16.9. The standard InChI is InChI=1S/C26H36N2/c1-5-7-9-13-17-26(28-24-19-21(3)18-22(4)20-24)25(16-8-6-2)27-23-14-11-10-12-15-23/h10-12,14-15,18-20H,5-9,13,16-17H2,1-4H3. The molecule has 0 spiro atoms. The van der Waals surface area contributed by atoms with E-state index in [1.807, 2.05) is 6.07 Å². The first kappa shape index (κ1) is 22.1. The molecule has 2 rings (SSSR count). The zero-order valence-corrected chi connectivity index (χ0v) is 18.2. The quantitative estimate of drug-likeness (QED) is 0.278. The van der Waals surface area contributed by atoms with Crippen LogP contribution in [-0.4, -0.2) is 11.4 Å². The van der Waals surface area contributed by atoms with Crippen molar-refractivity contribution in [2.24, 2.45) is 9.98 Å². The zero-order chi connectivity index (χ0) is 20.2. The lowest BCUT2D eigenvalue weighted by molar-refractivity contribution is 0.683. The first-order valence-corrected chi connectivity index (χ1v) is 10.9. The normalized spacial score (nSPS) is 12.4. The fourth-order valence-corrected chi connectivity index (χ4v) is 3.42. The molecule has 0 saturated carbocycles. The highest BCUT2D eigenvalue weighted by Gasteiger charge is 2.11. The van der Waals surface area contributed by atoms with E-state index in [-0.39, 0.29) is 0 Å². The van der Waals surface area contributed by atoms with Crippen molar-refractivity contribution in [2.75, 3.05) is 0 Å². The fraction of sp³-hybridized carbons (Fsp3) is 0.462. The van der Waals surface area contributed by atoms with Crippen molar-refractivity contribution in [3.8, 4) is 0 Å². The highest BCUT2D eigenvalue weighted by Crippen LogP contribution is 2.21. The van der Waals surface area contributed by atoms with Gasteiger partial charge in [0.1, 0.15) is 0 Å². The van der Waals surface area contributed by atoms with Gasteiger partial charge in [0.05, 0.1) is 22.8 Å². The van der Waals surface area contributed by atoms with E-state index in [1.165, 1.54) is 48.9 Å². The number of hydrogen-bond acceptors (Lipinski definition) is 2. The van der Waals surface area contributed by atoms with Crippen LogP contribution >= 0.6 is 0 Å². The monoisotopic (exact) mass is 376 g/mol. The van der Waals surface area contributed by atoms with Crippen molar-refractivity contribution >= 4 is 22.8 Å². The van der Waals surface area contributed by atoms with Gasteiger partial charge >= 0.3 is 0 Å². The molecule has 0 fully saturated rings. The molecule has 0 aliphatic heterocycles. The minimum Gasteiger partial charge on any atom is -0.252 e. The number of aryl methyl sites for hydroxylation is 2. The van der Waals surface area contributed by atoms with Gasteiger partial charge in [-0.25, -0.2) is 0 Å². The van der Waals surface area contributed by atoms with Crippen LogP contribution in [0.2, 0.25) is 0 Å². The Morgan fingerprint density at radius 3 is 1.82 bits per heavy atom. The van der Waals surface area contributed by atoms with Gasteiger partial charge in [-0.3, -0.25) is 9.98 Å². The van der Waals surface area contributed by atoms with E-state index >= 15 is 0 Å². The second-order valence-electron chi connectivity index (χ2n) is 7.71. The second-order valence-corrected chi connectivity index (χ2v) is 7.71. The van der Waals surface area contributed by atoms with Gasteiger partial charge in [0.2, 0.25) is 0 Å². The van der Waals surface area contributed by atoms with Gasteiger partial charge < -0.3 is 0 Å². The number of unbranched alkanes of at least 4 members (excludes halogenated alkanes) is 4. The zero-order valence-electron chi connectivity index (χ0n) is 18.2. The summed E-state index contributed by atoms with van der Waals surface area (Å²) < 4.78 is 0. The smallest absolute Gasteiger partial charge is 0.0639 e. The van der Waals surface area contributed by atoms with Crippen LogP contribution < -0.4 is 0 Å². The Morgan fingerprint density at radius 1 is 0.643 bits per heavy atom. The minimum atomic E-state index is 0.989. The van der Waals surface area contributed by atoms with Gasteiger partial charge in [0, 0.05) is 0 Å². The minimum absolute atomic E-state index is 0.989. The van der Waals surface area contributed by atoms with Crippen molar-refractivity contribution in [1.82, 2.24) is 0 Å². The van der Waals surface area contributed by atoms with Crippen LogP contribution in [0.15, 0.2) is 58.5 Å². The molecule has 0 heterocycles. The van der Waals surface area contributed by atoms with Crippen LogP contribution in [-0.2, 0) is 0 Å². The molecule has 0 radical (unpaired) electrons. The van der Waals surface area contributed by atoms with Gasteiger partial charge in [-0.1, -0.05) is 63.8 Å². The summed E-state index contributed by atoms with van der Waals surface area (Å²) in [5.41, 5.74) is 6.93. The number of para-hydroxylation sites is 1. The number of nitrogens with zero attached hydrogens (tertiary/aromatic N) is 2. The summed E-state index contributed by atoms with van der Waals surface area (Å²) in [5.74, 6) is 0. The van der Waals surface area contributed by atoms with E-state index in [2.05, 4.69) is 70.2 Å². The third kappa shape index (κ3) is 7.80. The molecule has 0 atom stereocenters. The number of hydrogen-bond donors (Lipinski definition) is 0. The average Bonchev–Trinajstić information content (AvgIpc) is 2.67. The van der Waals surface area contributed by atoms with E-state index in [0.29, 0.717) is 0 Å². The Hall–Kier alpha value is -2.22. The molecule has 0 N–H and O–H groups in total. The highest BCUT2D eigenvalue weighted by atomic mass is 14.8. The first-order chi connectivity index (χ1) is 13.6. The third-order valence-corrected chi connectivity index (χ3v) is 4.86. The molecular formula is C26H36N2. The fourth-order valence-electron chi connectivity index (χ4n) is 3.42. The van der Waals surface area contributed by atoms with Gasteiger partial charge in [-0.2, -0.15) is 0 Å². The molecule has 0 aliphatic carbocycles. The lowest BCUT2D eigenvalue weighted by Crippen LogP contribution is -2.14. The summed E-state index contributed by atoms with van der Waals surface area (Å²) in [7, 11) is 0. The molecule has 2 aromatic carbocycles. The van der Waals surface area contributed by atoms with E-state index in [0.717, 1.165) is 36.3 Å². The lowest BCUT2D eigenvalue weighted by atomic mass is 10.0. The topological polar surface area (TPSA) is 24.7 Å². The molecular weight excluding hydrogens is 340 g/mol. The number of aliphatic imine (C=N–C) groups is 2. The predicted molar refractivity (Wildman–Crippen MR) is 125 cm³/mol. The molecule has 150 valence electrons. The van der Waals surface area contributed by atoms with E-state index in [9.17, 15) is 0 Å². The van der Waals surface area contributed by atoms with Crippen molar-refractivity contribution in [3.05, 3.63) is 59.7 Å². The summed E-state index contributed by atoms with van der Waals surface area (Å²) in [6.07, 6.45) is 9.28. The van der Waals surface area contributed by atoms with Crippen molar-refractivity contribution in [2.45, 2.75) is 79.1 Å². The van der Waals surface area contributed by atoms with Gasteiger partial charge in [-0.05, 0) is 74.9 Å². The van der Waals surface area contributed by atoms with Crippen LogP contribution in [0.5, 0.6) is 0 Å².